The van der Waals surface area contributed by atoms with E-state index in [0.29, 0.717) is 30.3 Å². The van der Waals surface area contributed by atoms with Crippen LogP contribution >= 0.6 is 7.82 Å². The number of amides is 1. The summed E-state index contributed by atoms with van der Waals surface area (Å²) in [7, 11) is 1.30. The van der Waals surface area contributed by atoms with Crippen molar-refractivity contribution in [1.29, 1.82) is 0 Å². The van der Waals surface area contributed by atoms with Gasteiger partial charge in [0.15, 0.2) is 0 Å². The van der Waals surface area contributed by atoms with Crippen molar-refractivity contribution in [2.24, 2.45) is 0 Å². The minimum Gasteiger partial charge on any atom is -0.756 e. The Morgan fingerprint density at radius 1 is 0.816 bits per heavy atom. The zero-order valence-corrected chi connectivity index (χ0v) is 26.3. The summed E-state index contributed by atoms with van der Waals surface area (Å²) in [4.78, 5) is 24.3. The Balaban J connectivity index is 4.14. The van der Waals surface area contributed by atoms with Gasteiger partial charge >= 0.3 is 0 Å². The second-order valence-corrected chi connectivity index (χ2v) is 13.2. The molecular weight excluding hydrogens is 503 g/mol. The number of unbranched alkanes of at least 4 members (excludes halogenated alkanes) is 14. The molecule has 38 heavy (non-hydrogen) atoms. The Labute approximate surface area is 234 Å². The normalized spacial score (nSPS) is 15.2. The van der Waals surface area contributed by atoms with E-state index in [1.54, 1.807) is 0 Å². The minimum atomic E-state index is -4.52. The predicted octanol–water partition coefficient (Wildman–Crippen LogP) is 6.10. The lowest BCUT2D eigenvalue weighted by molar-refractivity contribution is -0.870. The van der Waals surface area contributed by atoms with E-state index in [1.165, 1.54) is 77.0 Å². The van der Waals surface area contributed by atoms with Crippen molar-refractivity contribution >= 4 is 13.7 Å². The Hall–Kier alpha value is -0.500. The quantitative estimate of drug-likeness (QED) is 0.0709. The minimum absolute atomic E-state index is 0.0127. The molecule has 0 saturated heterocycles. The molecule has 8 nitrogen and oxygen atoms in total. The molecular formula is C29H61N2O6P. The van der Waals surface area contributed by atoms with Crippen LogP contribution in [0.5, 0.6) is 0 Å². The molecule has 2 N–H and O–H groups in total. The van der Waals surface area contributed by atoms with E-state index in [4.69, 9.17) is 9.05 Å². The van der Waals surface area contributed by atoms with Crippen molar-refractivity contribution in [1.82, 2.24) is 5.32 Å². The Morgan fingerprint density at radius 2 is 1.29 bits per heavy atom. The number of nitrogens with one attached hydrogen (secondary N) is 1. The summed E-state index contributed by atoms with van der Waals surface area (Å²) in [5, 5.41) is 13.4. The number of hydrogen-bond donors (Lipinski definition) is 2. The van der Waals surface area contributed by atoms with Gasteiger partial charge in [-0.15, -0.1) is 0 Å². The first-order valence-electron chi connectivity index (χ1n) is 15.4. The number of nitrogens with zero attached hydrogens (tertiary/aromatic N) is 1. The number of carbonyl (C=O) groups is 1. The molecule has 0 spiro atoms. The summed E-state index contributed by atoms with van der Waals surface area (Å²) in [5.41, 5.74) is 0. The fourth-order valence-electron chi connectivity index (χ4n) is 4.32. The second kappa shape index (κ2) is 23.2. The van der Waals surface area contributed by atoms with E-state index < -0.39 is 20.0 Å². The number of quaternary nitrogens is 1. The van der Waals surface area contributed by atoms with E-state index in [9.17, 15) is 19.4 Å². The van der Waals surface area contributed by atoms with Crippen LogP contribution in [0, 0.1) is 0 Å². The van der Waals surface area contributed by atoms with E-state index >= 15 is 0 Å². The molecule has 0 aliphatic rings. The largest absolute Gasteiger partial charge is 0.756 e. The molecule has 0 aromatic carbocycles. The summed E-state index contributed by atoms with van der Waals surface area (Å²) >= 11 is 0. The van der Waals surface area contributed by atoms with Gasteiger partial charge in [-0.2, -0.15) is 0 Å². The lowest BCUT2D eigenvalue weighted by atomic mass is 10.0. The Kier molecular flexibility index (Phi) is 22.9. The fraction of sp³-hybridized carbons (Fsp3) is 0.966. The van der Waals surface area contributed by atoms with Gasteiger partial charge in [0.05, 0.1) is 39.9 Å². The molecule has 0 fully saturated rings. The maximum atomic E-state index is 12.1. The van der Waals surface area contributed by atoms with Crippen LogP contribution in [0.1, 0.15) is 129 Å². The third-order valence-corrected chi connectivity index (χ3v) is 7.78. The molecule has 0 radical (unpaired) electrons. The van der Waals surface area contributed by atoms with Gasteiger partial charge in [0.2, 0.25) is 5.91 Å². The lowest BCUT2D eigenvalue weighted by Gasteiger charge is -2.30. The summed E-state index contributed by atoms with van der Waals surface area (Å²) in [6, 6.07) is -0.787. The van der Waals surface area contributed by atoms with Gasteiger partial charge < -0.3 is 28.8 Å². The lowest BCUT2D eigenvalue weighted by Crippen LogP contribution is -2.46. The summed E-state index contributed by atoms with van der Waals surface area (Å²) < 4.78 is 22.7. The summed E-state index contributed by atoms with van der Waals surface area (Å²) in [6.45, 7) is 4.34. The van der Waals surface area contributed by atoms with Gasteiger partial charge in [0.1, 0.15) is 13.2 Å². The zero-order valence-electron chi connectivity index (χ0n) is 25.4. The van der Waals surface area contributed by atoms with Gasteiger partial charge in [-0.1, -0.05) is 110 Å². The molecule has 0 aliphatic heterocycles. The predicted molar refractivity (Wildman–Crippen MR) is 155 cm³/mol. The average Bonchev–Trinajstić information content (AvgIpc) is 2.83. The van der Waals surface area contributed by atoms with Crippen LogP contribution < -0.4 is 10.2 Å². The van der Waals surface area contributed by atoms with Crippen molar-refractivity contribution in [2.45, 2.75) is 142 Å². The smallest absolute Gasteiger partial charge is 0.268 e. The number of phosphoric ester groups is 1. The number of likely N-dealkylation sites (N-methyl/N-ethyl adjacent to an activating group) is 1. The zero-order chi connectivity index (χ0) is 28.7. The molecule has 0 bridgehead atoms. The molecule has 0 heterocycles. The van der Waals surface area contributed by atoms with Crippen molar-refractivity contribution in [3.8, 4) is 0 Å². The number of hydrogen-bond acceptors (Lipinski definition) is 6. The molecule has 0 aliphatic carbocycles. The van der Waals surface area contributed by atoms with Crippen molar-refractivity contribution in [2.75, 3.05) is 40.9 Å². The van der Waals surface area contributed by atoms with Gasteiger partial charge in [-0.05, 0) is 12.8 Å². The molecule has 228 valence electrons. The topological polar surface area (TPSA) is 108 Å². The first-order chi connectivity index (χ1) is 18.0. The van der Waals surface area contributed by atoms with E-state index in [1.807, 2.05) is 28.1 Å². The molecule has 0 aromatic rings. The highest BCUT2D eigenvalue weighted by Crippen LogP contribution is 2.38. The third-order valence-electron chi connectivity index (χ3n) is 6.82. The van der Waals surface area contributed by atoms with Crippen molar-refractivity contribution in [3.05, 3.63) is 0 Å². The molecule has 3 atom stereocenters. The van der Waals surface area contributed by atoms with Gasteiger partial charge in [0, 0.05) is 6.42 Å². The number of aliphatic hydroxyl groups is 1. The Morgan fingerprint density at radius 3 is 1.74 bits per heavy atom. The molecule has 9 heteroatoms. The third kappa shape index (κ3) is 24.5. The summed E-state index contributed by atoms with van der Waals surface area (Å²) in [6.07, 6.45) is 19.6. The van der Waals surface area contributed by atoms with Crippen LogP contribution in [0.3, 0.4) is 0 Å². The molecule has 0 rings (SSSR count). The maximum Gasteiger partial charge on any atom is 0.268 e. The van der Waals surface area contributed by atoms with Crippen LogP contribution in [-0.2, 0) is 18.4 Å². The molecule has 0 aromatic heterocycles. The van der Waals surface area contributed by atoms with Crippen LogP contribution in [0.15, 0.2) is 0 Å². The molecule has 1 amide bonds. The highest BCUT2D eigenvalue weighted by Gasteiger charge is 2.24. The Bertz CT molecular complexity index is 614. The van der Waals surface area contributed by atoms with Crippen LogP contribution in [0.2, 0.25) is 0 Å². The SMILES string of the molecule is CCCCCCCCCCCCCCCCCC(O)C(COP(=O)([O-])OCC[N+](C)(C)C)NC(=O)CCC. The van der Waals surface area contributed by atoms with Gasteiger partial charge in [-0.3, -0.25) is 9.36 Å². The maximum absolute atomic E-state index is 12.1. The number of carbonyl (C=O) groups excluding carboxylic acids is 1. The van der Waals surface area contributed by atoms with Crippen molar-refractivity contribution < 1.29 is 32.9 Å². The van der Waals surface area contributed by atoms with Crippen LogP contribution in [-0.4, -0.2) is 68.5 Å². The highest BCUT2D eigenvalue weighted by molar-refractivity contribution is 7.45. The average molecular weight is 565 g/mol. The van der Waals surface area contributed by atoms with E-state index in [2.05, 4.69) is 12.2 Å². The second-order valence-electron chi connectivity index (χ2n) is 11.8. The van der Waals surface area contributed by atoms with E-state index in [0.717, 1.165) is 19.3 Å². The first kappa shape index (κ1) is 37.5. The van der Waals surface area contributed by atoms with Gasteiger partial charge in [0.25, 0.3) is 7.82 Å². The number of aliphatic hydroxyl groups excluding tert-OH is 1. The van der Waals surface area contributed by atoms with E-state index in [-0.39, 0.29) is 19.1 Å². The highest BCUT2D eigenvalue weighted by atomic mass is 31.2. The number of phosphoric acid groups is 1. The molecule has 0 saturated carbocycles. The monoisotopic (exact) mass is 564 g/mol. The van der Waals surface area contributed by atoms with Crippen LogP contribution in [0.4, 0.5) is 0 Å². The van der Waals surface area contributed by atoms with Gasteiger partial charge in [-0.25, -0.2) is 0 Å². The fourth-order valence-corrected chi connectivity index (χ4v) is 5.04. The van der Waals surface area contributed by atoms with Crippen molar-refractivity contribution in [3.63, 3.8) is 0 Å². The number of rotatable bonds is 27. The first-order valence-corrected chi connectivity index (χ1v) is 16.8. The summed E-state index contributed by atoms with van der Waals surface area (Å²) in [5.74, 6) is -0.219. The molecule has 3 unspecified atom stereocenters. The van der Waals surface area contributed by atoms with Crippen LogP contribution in [0.25, 0.3) is 0 Å². The standard InChI is InChI=1S/C29H61N2O6P/c1-6-8-9-10-11-12-13-14-15-16-17-18-19-20-21-23-28(32)27(30-29(33)22-7-2)26-37-38(34,35)36-25-24-31(3,4)5/h27-28,32H,6-26H2,1-5H3,(H-,30,33,34,35).